The molecule has 0 saturated carbocycles. The maximum Gasteiger partial charge on any atom is 0.0620 e. The minimum Gasteiger partial charge on any atom is -0.308 e. The van der Waals surface area contributed by atoms with E-state index in [-0.39, 0.29) is 0 Å². The van der Waals surface area contributed by atoms with Crippen LogP contribution in [0.3, 0.4) is 0 Å². The molecule has 0 saturated heterocycles. The first-order valence-corrected chi connectivity index (χ1v) is 7.57. The Hall–Kier alpha value is -2.54. The molecule has 1 nitrogen and oxygen atoms in total. The van der Waals surface area contributed by atoms with Crippen LogP contribution in [0.15, 0.2) is 66.7 Å². The summed E-state index contributed by atoms with van der Waals surface area (Å²) >= 11 is 0. The summed E-state index contributed by atoms with van der Waals surface area (Å²) in [6.07, 6.45) is 0. The van der Waals surface area contributed by atoms with Gasteiger partial charge in [0.15, 0.2) is 0 Å². The van der Waals surface area contributed by atoms with Crippen molar-refractivity contribution < 1.29 is 0 Å². The van der Waals surface area contributed by atoms with Gasteiger partial charge in [-0.15, -0.1) is 0 Å². The molecule has 0 amide bonds. The molecule has 0 bridgehead atoms. The van der Waals surface area contributed by atoms with Gasteiger partial charge >= 0.3 is 0 Å². The fourth-order valence-electron chi connectivity index (χ4n) is 3.38. The van der Waals surface area contributed by atoms with Crippen LogP contribution >= 0.6 is 0 Å². The maximum absolute atomic E-state index is 2.40. The predicted octanol–water partition coefficient (Wildman–Crippen LogP) is 5.86. The highest BCUT2D eigenvalue weighted by Gasteiger charge is 2.15. The highest BCUT2D eigenvalue weighted by atomic mass is 14.9. The molecule has 3 aromatic carbocycles. The number of benzene rings is 3. The Labute approximate surface area is 123 Å². The van der Waals surface area contributed by atoms with Gasteiger partial charge in [0.05, 0.1) is 16.6 Å². The van der Waals surface area contributed by atoms with Crippen LogP contribution in [-0.4, -0.2) is 4.40 Å². The molecule has 0 aliphatic heterocycles. The largest absolute Gasteiger partial charge is 0.308 e. The molecule has 0 unspecified atom stereocenters. The summed E-state index contributed by atoms with van der Waals surface area (Å²) in [5.74, 6) is 0. The van der Waals surface area contributed by atoms with Crippen molar-refractivity contribution >= 4 is 38.1 Å². The first-order chi connectivity index (χ1) is 10.4. The fourth-order valence-corrected chi connectivity index (χ4v) is 3.38. The molecule has 2 heterocycles. The Kier molecular flexibility index (Phi) is 2.61. The molecule has 0 aliphatic carbocycles. The zero-order valence-corrected chi connectivity index (χ0v) is 12.3. The summed E-state index contributed by atoms with van der Waals surface area (Å²) in [4.78, 5) is 0. The van der Waals surface area contributed by atoms with E-state index in [1.165, 1.54) is 38.1 Å². The Morgan fingerprint density at radius 2 is 0.952 bits per heavy atom. The van der Waals surface area contributed by atoms with E-state index < -0.39 is 0 Å². The van der Waals surface area contributed by atoms with Crippen molar-refractivity contribution in [1.82, 2.24) is 4.40 Å². The standard InChI is InChI=1S/C18H11N.C2H6/c1-3-10-16-12(6-1)14-8-5-9-15-13-7-2-4-11-17(13)19(16)18(14)15;1-2/h1-11H;1-2H3. The highest BCUT2D eigenvalue weighted by Crippen LogP contribution is 2.38. The second kappa shape index (κ2) is 4.49. The van der Waals surface area contributed by atoms with Crippen LogP contribution in [0.25, 0.3) is 38.1 Å². The lowest BCUT2D eigenvalue weighted by Crippen LogP contribution is -1.78. The van der Waals surface area contributed by atoms with E-state index in [0.717, 1.165) is 0 Å². The molecule has 102 valence electrons. The number of hydrogen-bond acceptors (Lipinski definition) is 0. The normalized spacial score (nSPS) is 11.3. The summed E-state index contributed by atoms with van der Waals surface area (Å²) in [6, 6.07) is 23.9. The number of aromatic nitrogens is 1. The van der Waals surface area contributed by atoms with Crippen LogP contribution in [0.2, 0.25) is 0 Å². The van der Waals surface area contributed by atoms with Gasteiger partial charge in [0.1, 0.15) is 0 Å². The van der Waals surface area contributed by atoms with Crippen LogP contribution in [-0.2, 0) is 0 Å². The van der Waals surface area contributed by atoms with Crippen molar-refractivity contribution in [3.05, 3.63) is 66.7 Å². The van der Waals surface area contributed by atoms with E-state index in [9.17, 15) is 0 Å². The third-order valence-corrected chi connectivity index (χ3v) is 4.13. The molecule has 5 aromatic rings. The quantitative estimate of drug-likeness (QED) is 0.332. The number of hydrogen-bond donors (Lipinski definition) is 0. The van der Waals surface area contributed by atoms with Gasteiger partial charge in [-0.1, -0.05) is 68.4 Å². The summed E-state index contributed by atoms with van der Waals surface area (Å²) in [7, 11) is 0. The Morgan fingerprint density at radius 3 is 1.48 bits per heavy atom. The third-order valence-electron chi connectivity index (χ3n) is 4.13. The summed E-state index contributed by atoms with van der Waals surface area (Å²) < 4.78 is 2.40. The van der Waals surface area contributed by atoms with Gasteiger partial charge in [-0.05, 0) is 12.1 Å². The van der Waals surface area contributed by atoms with E-state index in [0.29, 0.717) is 0 Å². The van der Waals surface area contributed by atoms with E-state index in [4.69, 9.17) is 0 Å². The molecular weight excluding hydrogens is 254 g/mol. The lowest BCUT2D eigenvalue weighted by molar-refractivity contribution is 1.37. The zero-order valence-electron chi connectivity index (χ0n) is 12.3. The van der Waals surface area contributed by atoms with Crippen LogP contribution in [0.5, 0.6) is 0 Å². The molecule has 0 fully saturated rings. The van der Waals surface area contributed by atoms with Crippen LogP contribution in [0.1, 0.15) is 13.8 Å². The number of fused-ring (bicyclic) bond motifs is 6. The average Bonchev–Trinajstić information content (AvgIpc) is 3.09. The molecule has 2 aromatic heterocycles. The Balaban J connectivity index is 0.000000555. The van der Waals surface area contributed by atoms with Gasteiger partial charge in [-0.3, -0.25) is 0 Å². The smallest absolute Gasteiger partial charge is 0.0620 e. The van der Waals surface area contributed by atoms with Crippen molar-refractivity contribution in [2.75, 3.05) is 0 Å². The highest BCUT2D eigenvalue weighted by molar-refractivity contribution is 6.23. The van der Waals surface area contributed by atoms with Crippen LogP contribution in [0.4, 0.5) is 0 Å². The molecule has 21 heavy (non-hydrogen) atoms. The minimum atomic E-state index is 1.30. The van der Waals surface area contributed by atoms with Crippen molar-refractivity contribution in [3.63, 3.8) is 0 Å². The molecule has 0 radical (unpaired) electrons. The van der Waals surface area contributed by atoms with E-state index in [1.54, 1.807) is 0 Å². The third kappa shape index (κ3) is 1.46. The van der Waals surface area contributed by atoms with E-state index in [1.807, 2.05) is 13.8 Å². The van der Waals surface area contributed by atoms with Crippen molar-refractivity contribution in [2.24, 2.45) is 0 Å². The summed E-state index contributed by atoms with van der Waals surface area (Å²) in [6.45, 7) is 4.00. The fraction of sp³-hybridized carbons (Fsp3) is 0.100. The first-order valence-electron chi connectivity index (χ1n) is 7.57. The topological polar surface area (TPSA) is 4.41 Å². The molecule has 0 N–H and O–H groups in total. The zero-order chi connectivity index (χ0) is 14.4. The lowest BCUT2D eigenvalue weighted by Gasteiger charge is -1.95. The van der Waals surface area contributed by atoms with Gasteiger partial charge in [0, 0.05) is 21.5 Å². The first kappa shape index (κ1) is 12.2. The van der Waals surface area contributed by atoms with Gasteiger partial charge in [-0.2, -0.15) is 0 Å². The minimum absolute atomic E-state index is 1.30. The number of rotatable bonds is 0. The lowest BCUT2D eigenvalue weighted by atomic mass is 10.1. The monoisotopic (exact) mass is 271 g/mol. The van der Waals surface area contributed by atoms with E-state index in [2.05, 4.69) is 71.1 Å². The predicted molar refractivity (Wildman–Crippen MR) is 92.4 cm³/mol. The number of nitrogens with zero attached hydrogens (tertiary/aromatic N) is 1. The van der Waals surface area contributed by atoms with Gasteiger partial charge < -0.3 is 4.40 Å². The van der Waals surface area contributed by atoms with Crippen molar-refractivity contribution in [1.29, 1.82) is 0 Å². The van der Waals surface area contributed by atoms with E-state index >= 15 is 0 Å². The maximum atomic E-state index is 2.40. The number of para-hydroxylation sites is 3. The molecular formula is C20H17N. The molecule has 1 heteroatoms. The average molecular weight is 271 g/mol. The Bertz CT molecular complexity index is 973. The van der Waals surface area contributed by atoms with Gasteiger partial charge in [0.25, 0.3) is 0 Å². The SMILES string of the molecule is CC.c1ccc2c(c1)c1cccc3c4ccccc4n2c13. The summed E-state index contributed by atoms with van der Waals surface area (Å²) in [5, 5.41) is 5.39. The second-order valence-corrected chi connectivity index (χ2v) is 5.07. The van der Waals surface area contributed by atoms with Crippen LogP contribution < -0.4 is 0 Å². The van der Waals surface area contributed by atoms with Gasteiger partial charge in [-0.25, -0.2) is 0 Å². The second-order valence-electron chi connectivity index (χ2n) is 5.07. The van der Waals surface area contributed by atoms with Crippen molar-refractivity contribution in [2.45, 2.75) is 13.8 Å². The molecule has 5 rings (SSSR count). The molecule has 0 aliphatic rings. The van der Waals surface area contributed by atoms with Crippen LogP contribution in [0, 0.1) is 0 Å². The molecule has 0 atom stereocenters. The Morgan fingerprint density at radius 1 is 0.524 bits per heavy atom. The van der Waals surface area contributed by atoms with Gasteiger partial charge in [0.2, 0.25) is 0 Å². The molecule has 0 spiro atoms. The van der Waals surface area contributed by atoms with Crippen molar-refractivity contribution in [3.8, 4) is 0 Å². The summed E-state index contributed by atoms with van der Waals surface area (Å²) in [5.41, 5.74) is 3.95.